The highest BCUT2D eigenvalue weighted by atomic mass is 16.3. The number of primary amides is 1. The Bertz CT molecular complexity index is 1290. The second-order valence-corrected chi connectivity index (χ2v) is 11.3. The summed E-state index contributed by atoms with van der Waals surface area (Å²) < 4.78 is 0. The fourth-order valence-electron chi connectivity index (χ4n) is 7.07. The number of hydrogen-bond acceptors (Lipinski definition) is 9. The maximum Gasteiger partial charge on any atom is 0.255 e. The Morgan fingerprint density at radius 2 is 1.79 bits per heavy atom. The molecule has 1 aliphatic heterocycles. The van der Waals surface area contributed by atoms with E-state index in [1.165, 1.54) is 11.3 Å². The number of phenolic OH excluding ortho intramolecular Hbond substituents is 1. The van der Waals surface area contributed by atoms with Gasteiger partial charge in [-0.3, -0.25) is 24.2 Å². The minimum absolute atomic E-state index is 0.0726. The lowest BCUT2D eigenvalue weighted by Crippen LogP contribution is -2.65. The lowest BCUT2D eigenvalue weighted by Gasteiger charge is -2.51. The predicted octanol–water partition coefficient (Wildman–Crippen LogP) is 1.51. The van der Waals surface area contributed by atoms with Crippen molar-refractivity contribution in [3.63, 3.8) is 0 Å². The first-order valence-corrected chi connectivity index (χ1v) is 13.1. The van der Waals surface area contributed by atoms with E-state index in [2.05, 4.69) is 4.90 Å². The molecule has 1 aromatic carbocycles. The van der Waals surface area contributed by atoms with Gasteiger partial charge >= 0.3 is 0 Å². The van der Waals surface area contributed by atoms with Crippen molar-refractivity contribution in [1.29, 1.82) is 0 Å². The van der Waals surface area contributed by atoms with Crippen LogP contribution in [0.2, 0.25) is 0 Å². The minimum Gasteiger partial charge on any atom is -0.508 e. The Labute approximate surface area is 221 Å². The number of fused-ring (bicyclic) bond motifs is 3. The number of likely N-dealkylation sites (N-methyl/N-ethyl adjacent to an activating group) is 1. The second-order valence-electron chi connectivity index (χ2n) is 11.3. The number of rotatable bonds is 4. The van der Waals surface area contributed by atoms with Gasteiger partial charge in [-0.2, -0.15) is 0 Å². The van der Waals surface area contributed by atoms with Crippen molar-refractivity contribution in [3.05, 3.63) is 45.7 Å². The number of hydrogen-bond donors (Lipinski definition) is 5. The number of Topliss-reactive ketones (excluding diaryl/α,β-unsaturated/α-hetero) is 2. The average Bonchev–Trinajstić information content (AvgIpc) is 2.86. The summed E-state index contributed by atoms with van der Waals surface area (Å²) in [7, 11) is 3.16. The molecule has 1 saturated heterocycles. The zero-order valence-electron chi connectivity index (χ0n) is 21.9. The van der Waals surface area contributed by atoms with Gasteiger partial charge in [-0.15, -0.1) is 0 Å². The Hall–Kier alpha value is -3.21. The molecule has 10 nitrogen and oxygen atoms in total. The number of aromatic hydroxyl groups is 1. The van der Waals surface area contributed by atoms with Gasteiger partial charge in [-0.25, -0.2) is 0 Å². The average molecular weight is 526 g/mol. The van der Waals surface area contributed by atoms with Crippen molar-refractivity contribution in [1.82, 2.24) is 9.80 Å². The Balaban J connectivity index is 1.66. The van der Waals surface area contributed by atoms with E-state index in [1.807, 2.05) is 19.1 Å². The molecule has 5 rings (SSSR count). The molecule has 5 atom stereocenters. The molecule has 0 aromatic heterocycles. The molecule has 0 spiro atoms. The van der Waals surface area contributed by atoms with Crippen molar-refractivity contribution >= 4 is 23.2 Å². The van der Waals surface area contributed by atoms with Crippen LogP contribution in [0.5, 0.6) is 5.75 Å². The van der Waals surface area contributed by atoms with E-state index in [-0.39, 0.29) is 29.2 Å². The number of nitrogens with zero attached hydrogens (tertiary/aromatic N) is 2. The third-order valence-electron chi connectivity index (χ3n) is 9.03. The van der Waals surface area contributed by atoms with Crippen LogP contribution in [0.3, 0.4) is 0 Å². The number of carbonyl (C=O) groups excluding carboxylic acids is 3. The van der Waals surface area contributed by atoms with Gasteiger partial charge in [0.1, 0.15) is 22.8 Å². The van der Waals surface area contributed by atoms with Gasteiger partial charge in [0, 0.05) is 23.6 Å². The topological polar surface area (TPSA) is 165 Å². The molecule has 3 aliphatic carbocycles. The van der Waals surface area contributed by atoms with E-state index in [1.54, 1.807) is 14.1 Å². The molecule has 0 radical (unpaired) electrons. The van der Waals surface area contributed by atoms with Crippen LogP contribution in [0.4, 0.5) is 0 Å². The van der Waals surface area contributed by atoms with Crippen LogP contribution in [-0.2, 0) is 20.9 Å². The van der Waals surface area contributed by atoms with Crippen LogP contribution in [0.1, 0.15) is 55.2 Å². The lowest BCUT2D eigenvalue weighted by molar-refractivity contribution is -0.154. The molecule has 1 heterocycles. The SMILES string of the molecule is C[C@H]1c2ccc(CN3CCCCC3)c(O)c2C(O)=C2C(=O)[C@]3(O)C(O)=C(C(N)=O)C(=O)[C@@H](N(C)C)[C@@H]3C[C@@H]21. The summed E-state index contributed by atoms with van der Waals surface area (Å²) >= 11 is 0. The third kappa shape index (κ3) is 3.61. The van der Waals surface area contributed by atoms with E-state index in [0.29, 0.717) is 17.7 Å². The Kier molecular flexibility index (Phi) is 6.40. The number of amides is 1. The molecule has 6 N–H and O–H groups in total. The maximum absolute atomic E-state index is 14.0. The number of likely N-dealkylation sites (tertiary alicyclic amines) is 1. The van der Waals surface area contributed by atoms with Gasteiger partial charge in [0.05, 0.1) is 11.6 Å². The summed E-state index contributed by atoms with van der Waals surface area (Å²) in [6.45, 7) is 4.19. The summed E-state index contributed by atoms with van der Waals surface area (Å²) in [5.74, 6) is -6.68. The molecule has 4 aliphatic rings. The minimum atomic E-state index is -2.63. The molecule has 0 unspecified atom stereocenters. The summed E-state index contributed by atoms with van der Waals surface area (Å²) in [5, 5.41) is 45.5. The van der Waals surface area contributed by atoms with Crippen LogP contribution in [0.25, 0.3) is 5.76 Å². The first kappa shape index (κ1) is 26.4. The van der Waals surface area contributed by atoms with Crippen LogP contribution in [0.15, 0.2) is 29.0 Å². The summed E-state index contributed by atoms with van der Waals surface area (Å²) in [5.41, 5.74) is 3.23. The second kappa shape index (κ2) is 9.21. The number of benzene rings is 1. The zero-order valence-corrected chi connectivity index (χ0v) is 21.9. The summed E-state index contributed by atoms with van der Waals surface area (Å²) in [4.78, 5) is 43.1. The van der Waals surface area contributed by atoms with Gasteiger partial charge in [-0.1, -0.05) is 25.5 Å². The molecule has 1 aromatic rings. The maximum atomic E-state index is 14.0. The molecule has 0 bridgehead atoms. The largest absolute Gasteiger partial charge is 0.508 e. The highest BCUT2D eigenvalue weighted by Gasteiger charge is 2.64. The number of piperidine rings is 1. The van der Waals surface area contributed by atoms with Gasteiger partial charge in [0.2, 0.25) is 5.78 Å². The predicted molar refractivity (Wildman–Crippen MR) is 138 cm³/mol. The quantitative estimate of drug-likeness (QED) is 0.366. The van der Waals surface area contributed by atoms with E-state index in [4.69, 9.17) is 5.73 Å². The normalized spacial score (nSPS) is 31.8. The highest BCUT2D eigenvalue weighted by Crippen LogP contribution is 2.56. The lowest BCUT2D eigenvalue weighted by atomic mass is 9.55. The molecule has 1 saturated carbocycles. The summed E-state index contributed by atoms with van der Waals surface area (Å²) in [6, 6.07) is 2.61. The van der Waals surface area contributed by atoms with Gasteiger partial charge < -0.3 is 26.2 Å². The van der Waals surface area contributed by atoms with Gasteiger partial charge in [0.25, 0.3) is 5.91 Å². The monoisotopic (exact) mass is 525 g/mol. The van der Waals surface area contributed by atoms with Gasteiger partial charge in [0.15, 0.2) is 11.4 Å². The number of ketones is 2. The first-order valence-electron chi connectivity index (χ1n) is 13.1. The van der Waals surface area contributed by atoms with Crippen molar-refractivity contribution in [2.24, 2.45) is 17.6 Å². The van der Waals surface area contributed by atoms with Crippen molar-refractivity contribution in [3.8, 4) is 5.75 Å². The van der Waals surface area contributed by atoms with Crippen LogP contribution in [-0.4, -0.2) is 86.5 Å². The van der Waals surface area contributed by atoms with E-state index in [0.717, 1.165) is 25.9 Å². The highest BCUT2D eigenvalue weighted by molar-refractivity contribution is 6.24. The number of aliphatic hydroxyl groups is 3. The standard InChI is InChI=1S/C28H35N3O7/c1-13-15-8-7-14(12-31-9-5-4-6-10-31)22(32)18(15)23(33)19-16(13)11-17-21(30(2)3)24(34)20(27(29)37)26(36)28(17,38)25(19)35/h7-8,13,16-17,21,32-33,36,38H,4-6,9-12H2,1-3H3,(H2,29,37)/t13-,16+,17-,21-,28-/m0/s1. The van der Waals surface area contributed by atoms with Crippen molar-refractivity contribution in [2.45, 2.75) is 56.7 Å². The zero-order chi connectivity index (χ0) is 27.7. The number of nitrogens with two attached hydrogens (primary N) is 1. The van der Waals surface area contributed by atoms with Crippen LogP contribution < -0.4 is 5.73 Å². The van der Waals surface area contributed by atoms with Crippen molar-refractivity contribution in [2.75, 3.05) is 27.2 Å². The summed E-state index contributed by atoms with van der Waals surface area (Å²) in [6.07, 6.45) is 3.40. The number of aliphatic hydroxyl groups excluding tert-OH is 2. The number of phenols is 1. The number of carbonyl (C=O) groups is 3. The molecule has 38 heavy (non-hydrogen) atoms. The smallest absolute Gasteiger partial charge is 0.255 e. The fraction of sp³-hybridized carbons (Fsp3) is 0.536. The van der Waals surface area contributed by atoms with E-state index < -0.39 is 58.0 Å². The Morgan fingerprint density at radius 3 is 2.39 bits per heavy atom. The molecule has 10 heteroatoms. The molecule has 204 valence electrons. The molecular formula is C28H35N3O7. The van der Waals surface area contributed by atoms with Gasteiger partial charge in [-0.05, 0) is 63.8 Å². The van der Waals surface area contributed by atoms with E-state index >= 15 is 0 Å². The fourth-order valence-corrected chi connectivity index (χ4v) is 7.07. The van der Waals surface area contributed by atoms with E-state index in [9.17, 15) is 34.8 Å². The Morgan fingerprint density at radius 1 is 1.13 bits per heavy atom. The first-order chi connectivity index (χ1) is 17.9. The van der Waals surface area contributed by atoms with Crippen LogP contribution in [0, 0.1) is 11.8 Å². The molecule has 2 fully saturated rings. The third-order valence-corrected chi connectivity index (χ3v) is 9.03. The molecule has 1 amide bonds. The van der Waals surface area contributed by atoms with Crippen molar-refractivity contribution < 1.29 is 34.8 Å². The van der Waals surface area contributed by atoms with Crippen LogP contribution >= 0.6 is 0 Å². The molecular weight excluding hydrogens is 490 g/mol.